The molecule has 0 saturated carbocycles. The topological polar surface area (TPSA) is 40.1 Å². The molecule has 0 fully saturated rings. The summed E-state index contributed by atoms with van der Waals surface area (Å²) in [6.07, 6.45) is 11.0. The minimum atomic E-state index is -0.946. The van der Waals surface area contributed by atoms with Gasteiger partial charge in [-0.25, -0.2) is 0 Å². The summed E-state index contributed by atoms with van der Waals surface area (Å²) in [5.41, 5.74) is 0. The first-order valence-corrected chi connectivity index (χ1v) is 4.40. The van der Waals surface area contributed by atoms with Crippen LogP contribution in [0.2, 0.25) is 0 Å². The van der Waals surface area contributed by atoms with Gasteiger partial charge in [-0.05, 0) is 19.3 Å². The molecule has 0 heterocycles. The molecule has 68 valence electrons. The van der Waals surface area contributed by atoms with Crippen LogP contribution in [0.5, 0.6) is 0 Å². The second-order valence-corrected chi connectivity index (χ2v) is 2.84. The number of carboxylic acid groups (broad SMARTS) is 1. The van der Waals surface area contributed by atoms with E-state index >= 15 is 0 Å². The summed E-state index contributed by atoms with van der Waals surface area (Å²) >= 11 is 0. The third-order valence-corrected chi connectivity index (χ3v) is 1.70. The molecule has 0 rings (SSSR count). The molecule has 0 aliphatic carbocycles. The van der Waals surface area contributed by atoms with Crippen molar-refractivity contribution in [3.05, 3.63) is 0 Å². The fraction of sp³-hybridized carbons (Fsp3) is 0.700. The van der Waals surface area contributed by atoms with Crippen molar-refractivity contribution >= 4 is 5.97 Å². The molecule has 0 aromatic rings. The molecule has 2 heteroatoms. The van der Waals surface area contributed by atoms with Gasteiger partial charge in [-0.1, -0.05) is 19.3 Å². The Labute approximate surface area is 74.0 Å². The minimum absolute atomic E-state index is 0.190. The van der Waals surface area contributed by atoms with Crippen molar-refractivity contribution in [1.29, 1.82) is 0 Å². The van der Waals surface area contributed by atoms with Crippen molar-refractivity contribution in [1.82, 2.24) is 0 Å². The summed E-state index contributed by atoms with van der Waals surface area (Å²) in [6.45, 7) is 0. The average Bonchev–Trinajstić information content (AvgIpc) is 2.02. The highest BCUT2D eigenvalue weighted by Crippen LogP contribution is 2.05. The third kappa shape index (κ3) is 9.03. The molecule has 0 unspecified atom stereocenters. The molecule has 0 bridgehead atoms. The van der Waals surface area contributed by atoms with Gasteiger partial charge in [0.1, 0.15) is 0 Å². The van der Waals surface area contributed by atoms with Crippen LogP contribution in [0.25, 0.3) is 0 Å². The standard InChI is InChI=1S/C10H16O2/c1-2-3-4-5-6-7-8-9-10(11)12/h1H,3-9H2,(H,11,12)/p-1. The highest BCUT2D eigenvalue weighted by molar-refractivity contribution is 5.63. The van der Waals surface area contributed by atoms with Gasteiger partial charge in [0, 0.05) is 12.4 Å². The Balaban J connectivity index is 2.92. The third-order valence-electron chi connectivity index (χ3n) is 1.70. The molecule has 2 nitrogen and oxygen atoms in total. The molecule has 0 aromatic carbocycles. The van der Waals surface area contributed by atoms with Crippen LogP contribution in [0.3, 0.4) is 0 Å². The molecule has 0 aliphatic heterocycles. The Hall–Kier alpha value is -0.970. The molecule has 0 aromatic heterocycles. The molecular weight excluding hydrogens is 152 g/mol. The van der Waals surface area contributed by atoms with E-state index in [0.717, 1.165) is 38.5 Å². The normalized spacial score (nSPS) is 9.25. The van der Waals surface area contributed by atoms with E-state index in [1.54, 1.807) is 0 Å². The zero-order valence-corrected chi connectivity index (χ0v) is 7.34. The van der Waals surface area contributed by atoms with E-state index in [1.807, 2.05) is 0 Å². The summed E-state index contributed by atoms with van der Waals surface area (Å²) < 4.78 is 0. The fourth-order valence-electron chi connectivity index (χ4n) is 1.03. The average molecular weight is 167 g/mol. The maximum atomic E-state index is 10.00. The number of hydrogen-bond donors (Lipinski definition) is 0. The van der Waals surface area contributed by atoms with Gasteiger partial charge in [-0.3, -0.25) is 0 Å². The van der Waals surface area contributed by atoms with Gasteiger partial charge in [-0.15, -0.1) is 12.3 Å². The van der Waals surface area contributed by atoms with Crippen molar-refractivity contribution in [2.45, 2.75) is 44.9 Å². The molecule has 0 spiro atoms. The van der Waals surface area contributed by atoms with Gasteiger partial charge in [0.25, 0.3) is 0 Å². The number of carboxylic acids is 1. The van der Waals surface area contributed by atoms with Gasteiger partial charge in [0.05, 0.1) is 0 Å². The predicted molar refractivity (Wildman–Crippen MR) is 46.2 cm³/mol. The zero-order chi connectivity index (χ0) is 9.23. The second-order valence-electron chi connectivity index (χ2n) is 2.84. The monoisotopic (exact) mass is 167 g/mol. The van der Waals surface area contributed by atoms with Gasteiger partial charge < -0.3 is 9.90 Å². The highest BCUT2D eigenvalue weighted by Gasteiger charge is 1.90. The maximum absolute atomic E-state index is 10.00. The molecule has 0 atom stereocenters. The predicted octanol–water partition coefficient (Wildman–Crippen LogP) is 1.10. The van der Waals surface area contributed by atoms with E-state index in [4.69, 9.17) is 6.42 Å². The number of hydrogen-bond acceptors (Lipinski definition) is 2. The number of terminal acetylenes is 1. The zero-order valence-electron chi connectivity index (χ0n) is 7.34. The van der Waals surface area contributed by atoms with Crippen LogP contribution < -0.4 is 5.11 Å². The first-order valence-electron chi connectivity index (χ1n) is 4.40. The van der Waals surface area contributed by atoms with E-state index in [2.05, 4.69) is 5.92 Å². The van der Waals surface area contributed by atoms with Crippen molar-refractivity contribution in [3.8, 4) is 12.3 Å². The molecule has 0 aliphatic rings. The van der Waals surface area contributed by atoms with E-state index < -0.39 is 5.97 Å². The number of carbonyl (C=O) groups excluding carboxylic acids is 1. The summed E-state index contributed by atoms with van der Waals surface area (Å²) in [4.78, 5) is 10.00. The van der Waals surface area contributed by atoms with Crippen LogP contribution in [0.4, 0.5) is 0 Å². The lowest BCUT2D eigenvalue weighted by Crippen LogP contribution is -2.21. The van der Waals surface area contributed by atoms with Crippen molar-refractivity contribution in [2.75, 3.05) is 0 Å². The molecule has 0 saturated heterocycles. The number of rotatable bonds is 7. The molecular formula is C10H15O2-. The first-order chi connectivity index (χ1) is 5.77. The Bertz CT molecular complexity index is 156. The molecule has 0 N–H and O–H groups in total. The Morgan fingerprint density at radius 3 is 2.33 bits per heavy atom. The first kappa shape index (κ1) is 11.0. The van der Waals surface area contributed by atoms with Crippen LogP contribution >= 0.6 is 0 Å². The van der Waals surface area contributed by atoms with Crippen LogP contribution in [0, 0.1) is 12.3 Å². The smallest absolute Gasteiger partial charge is 0.0414 e. The van der Waals surface area contributed by atoms with E-state index in [1.165, 1.54) is 0 Å². The number of aliphatic carboxylic acids is 1. The summed E-state index contributed by atoms with van der Waals surface area (Å²) in [7, 11) is 0. The lowest BCUT2D eigenvalue weighted by molar-refractivity contribution is -0.305. The van der Waals surface area contributed by atoms with Crippen LogP contribution in [-0.4, -0.2) is 5.97 Å². The Morgan fingerprint density at radius 2 is 1.75 bits per heavy atom. The van der Waals surface area contributed by atoms with Crippen molar-refractivity contribution in [2.24, 2.45) is 0 Å². The lowest BCUT2D eigenvalue weighted by Gasteiger charge is -2.00. The van der Waals surface area contributed by atoms with E-state index in [-0.39, 0.29) is 6.42 Å². The van der Waals surface area contributed by atoms with Gasteiger partial charge in [-0.2, -0.15) is 0 Å². The van der Waals surface area contributed by atoms with Crippen LogP contribution in [0.1, 0.15) is 44.9 Å². The number of carbonyl (C=O) groups is 1. The van der Waals surface area contributed by atoms with Gasteiger partial charge in [0.2, 0.25) is 0 Å². The number of unbranched alkanes of at least 4 members (excludes halogenated alkanes) is 5. The lowest BCUT2D eigenvalue weighted by atomic mass is 10.1. The van der Waals surface area contributed by atoms with Crippen molar-refractivity contribution in [3.63, 3.8) is 0 Å². The molecule has 12 heavy (non-hydrogen) atoms. The Kier molecular flexibility index (Phi) is 7.47. The molecule has 0 amide bonds. The van der Waals surface area contributed by atoms with E-state index in [9.17, 15) is 9.90 Å². The largest absolute Gasteiger partial charge is 0.550 e. The van der Waals surface area contributed by atoms with Crippen molar-refractivity contribution < 1.29 is 9.90 Å². The second kappa shape index (κ2) is 8.13. The van der Waals surface area contributed by atoms with E-state index in [0.29, 0.717) is 0 Å². The summed E-state index contributed by atoms with van der Waals surface area (Å²) in [5, 5.41) is 10.00. The maximum Gasteiger partial charge on any atom is 0.0414 e. The Morgan fingerprint density at radius 1 is 1.17 bits per heavy atom. The van der Waals surface area contributed by atoms with Gasteiger partial charge in [0.15, 0.2) is 0 Å². The SMILES string of the molecule is C#CCCCCCCCC(=O)[O-]. The summed E-state index contributed by atoms with van der Waals surface area (Å²) in [6, 6.07) is 0. The minimum Gasteiger partial charge on any atom is -0.550 e. The fourth-order valence-corrected chi connectivity index (χ4v) is 1.03. The quantitative estimate of drug-likeness (QED) is 0.421. The van der Waals surface area contributed by atoms with Crippen LogP contribution in [0.15, 0.2) is 0 Å². The van der Waals surface area contributed by atoms with Crippen LogP contribution in [-0.2, 0) is 4.79 Å². The highest BCUT2D eigenvalue weighted by atomic mass is 16.4. The molecule has 0 radical (unpaired) electrons. The summed E-state index contributed by atoms with van der Waals surface area (Å²) in [5.74, 6) is 1.63. The van der Waals surface area contributed by atoms with Gasteiger partial charge >= 0.3 is 0 Å².